The van der Waals surface area contributed by atoms with Crippen LogP contribution in [0.25, 0.3) is 0 Å². The molecule has 0 amide bonds. The van der Waals surface area contributed by atoms with Crippen molar-refractivity contribution in [1.82, 2.24) is 0 Å². The third-order valence-corrected chi connectivity index (χ3v) is 0.276. The maximum atomic E-state index is 9.47. The maximum Gasteiger partial charge on any atom is 0.382 e. The van der Waals surface area contributed by atoms with E-state index in [-0.39, 0.29) is 0 Å². The summed E-state index contributed by atoms with van der Waals surface area (Å²) in [6.07, 6.45) is 0. The average Bonchev–Trinajstić information content (AvgIpc) is 1.61. The van der Waals surface area contributed by atoms with Crippen LogP contribution in [-0.4, -0.2) is 22.2 Å². The Labute approximate surface area is 44.7 Å². The van der Waals surface area contributed by atoms with Crippen LogP contribution in [0.1, 0.15) is 0 Å². The number of hydrogen-bond donors (Lipinski definition) is 2. The molecule has 42 valence electrons. The summed E-state index contributed by atoms with van der Waals surface area (Å²) in [5.41, 5.74) is 0. The molecule has 0 rings (SSSR count). The van der Waals surface area contributed by atoms with E-state index in [0.29, 0.717) is 0 Å². The van der Waals surface area contributed by atoms with Crippen LogP contribution in [0, 0.1) is 11.8 Å². The van der Waals surface area contributed by atoms with Crippen LogP contribution in [-0.2, 0) is 9.59 Å². The second kappa shape index (κ2) is 2.64. The fourth-order valence-corrected chi connectivity index (χ4v) is 0.107. The van der Waals surface area contributed by atoms with Gasteiger partial charge in [0.05, 0.1) is 0 Å². The summed E-state index contributed by atoms with van der Waals surface area (Å²) in [7, 11) is 0. The summed E-state index contributed by atoms with van der Waals surface area (Å²) < 4.78 is 0. The quantitative estimate of drug-likeness (QED) is 0.399. The molecule has 0 aromatic carbocycles. The largest absolute Gasteiger partial charge is 0.472 e. The smallest absolute Gasteiger partial charge is 0.382 e. The lowest BCUT2D eigenvalue weighted by atomic mass is 10.5. The summed E-state index contributed by atoms with van der Waals surface area (Å²) in [6.45, 7) is 0. The van der Waals surface area contributed by atoms with Crippen molar-refractivity contribution in [3.8, 4) is 11.8 Å². The zero-order valence-corrected chi connectivity index (χ0v) is 3.71. The molecule has 8 heavy (non-hydrogen) atoms. The number of carboxylic acids is 2. The first-order chi connectivity index (χ1) is 3.63. The third kappa shape index (κ3) is 4.50. The van der Waals surface area contributed by atoms with Crippen molar-refractivity contribution in [2.45, 2.75) is 0 Å². The average molecular weight is 111 g/mol. The van der Waals surface area contributed by atoms with Gasteiger partial charge < -0.3 is 10.2 Å². The van der Waals surface area contributed by atoms with Gasteiger partial charge in [-0.05, 0) is 0 Å². The third-order valence-electron chi connectivity index (χ3n) is 0.276. The molecule has 0 aliphatic rings. The normalized spacial score (nSPS) is 6.50. The zero-order chi connectivity index (χ0) is 6.57. The molecule has 0 saturated heterocycles. The Balaban J connectivity index is 3.87. The molecule has 0 unspecified atom stereocenters. The Hall–Kier alpha value is -1.50. The first-order valence-electron chi connectivity index (χ1n) is 1.61. The van der Waals surface area contributed by atoms with Gasteiger partial charge in [0.15, 0.2) is 0 Å². The minimum Gasteiger partial charge on any atom is -0.472 e. The first-order valence-corrected chi connectivity index (χ1v) is 1.61. The highest BCUT2D eigenvalue weighted by Gasteiger charge is 1.86. The minimum atomic E-state index is -1.44. The SMILES string of the molecule is O=C(O)C#CC(O)=[13O]. The van der Waals surface area contributed by atoms with E-state index in [1.54, 1.807) is 0 Å². The number of carbonyl (C=O) groups is 2. The molecule has 0 bridgehead atoms. The monoisotopic (exact) mass is 111 g/mol. The number of aliphatic carboxylic acids is 2. The van der Waals surface area contributed by atoms with Gasteiger partial charge in [0.1, 0.15) is 0 Å². The Bertz CT molecular complexity index is 152. The van der Waals surface area contributed by atoms with Gasteiger partial charge in [0, 0.05) is 11.8 Å². The lowest BCUT2D eigenvalue weighted by Gasteiger charge is -1.68. The van der Waals surface area contributed by atoms with Crippen LogP contribution < -0.4 is 0 Å². The summed E-state index contributed by atoms with van der Waals surface area (Å²) >= 11 is 0. The molecule has 0 aliphatic heterocycles. The van der Waals surface area contributed by atoms with E-state index in [1.165, 1.54) is 11.8 Å². The van der Waals surface area contributed by atoms with Gasteiger partial charge in [-0.1, -0.05) is 0 Å². The van der Waals surface area contributed by atoms with E-state index in [2.05, 4.69) is 0 Å². The van der Waals surface area contributed by atoms with Gasteiger partial charge in [-0.2, -0.15) is 0 Å². The molecule has 0 aromatic heterocycles. The van der Waals surface area contributed by atoms with Gasteiger partial charge in [-0.15, -0.1) is 0 Å². The van der Waals surface area contributed by atoms with E-state index in [4.69, 9.17) is 10.2 Å². The lowest BCUT2D eigenvalue weighted by Crippen LogP contribution is -1.92. The van der Waals surface area contributed by atoms with E-state index < -0.39 is 11.9 Å². The number of hydrogen-bond acceptors (Lipinski definition) is 2. The van der Waals surface area contributed by atoms with Crippen molar-refractivity contribution < 1.29 is 19.8 Å². The van der Waals surface area contributed by atoms with Gasteiger partial charge >= 0.3 is 11.9 Å². The predicted octanol–water partition coefficient (Wildman–Crippen LogP) is -0.841. The second-order valence-electron chi connectivity index (χ2n) is 0.860. The van der Waals surface area contributed by atoms with Gasteiger partial charge in [-0.25, -0.2) is 9.59 Å². The molecular formula is C4H2O4. The molecule has 4 heteroatoms. The lowest BCUT2D eigenvalue weighted by molar-refractivity contribution is -0.132. The predicted molar refractivity (Wildman–Crippen MR) is 23.0 cm³/mol. The van der Waals surface area contributed by atoms with Crippen molar-refractivity contribution in [2.75, 3.05) is 0 Å². The fraction of sp³-hybridized carbons (Fsp3) is 0. The van der Waals surface area contributed by atoms with E-state index in [0.717, 1.165) is 0 Å². The first kappa shape index (κ1) is 6.50. The Morgan fingerprint density at radius 2 is 1.88 bits per heavy atom. The van der Waals surface area contributed by atoms with Crippen molar-refractivity contribution >= 4 is 11.9 Å². The highest BCUT2D eigenvalue weighted by molar-refractivity contribution is 5.96. The molecule has 4 nitrogen and oxygen atoms in total. The Morgan fingerprint density at radius 3 is 2.00 bits per heavy atom. The van der Waals surface area contributed by atoms with Crippen LogP contribution in [0.4, 0.5) is 0 Å². The standard InChI is InChI=1S/C4H2O4/c5-3(6)1-2-4(7)8/h(H,5,6)(H,7,8)/i5-3. The zero-order valence-electron chi connectivity index (χ0n) is 3.71. The summed E-state index contributed by atoms with van der Waals surface area (Å²) in [6, 6.07) is 0. The fourth-order valence-electron chi connectivity index (χ4n) is 0.107. The van der Waals surface area contributed by atoms with Crippen LogP contribution in [0.5, 0.6) is 0 Å². The summed E-state index contributed by atoms with van der Waals surface area (Å²) in [4.78, 5) is 18.9. The van der Waals surface area contributed by atoms with Crippen molar-refractivity contribution in [2.24, 2.45) is 0 Å². The maximum absolute atomic E-state index is 9.47. The highest BCUT2D eigenvalue weighted by atomic mass is 16.4. The molecule has 0 aliphatic carbocycles. The Morgan fingerprint density at radius 1 is 1.38 bits per heavy atom. The highest BCUT2D eigenvalue weighted by Crippen LogP contribution is 1.57. The van der Waals surface area contributed by atoms with Crippen molar-refractivity contribution in [1.29, 1.82) is 0 Å². The van der Waals surface area contributed by atoms with Crippen molar-refractivity contribution in [3.63, 3.8) is 0 Å². The topological polar surface area (TPSA) is 74.6 Å². The van der Waals surface area contributed by atoms with Crippen molar-refractivity contribution in [3.05, 3.63) is 0 Å². The number of rotatable bonds is 0. The molecule has 0 atom stereocenters. The van der Waals surface area contributed by atoms with E-state index in [9.17, 15) is 9.59 Å². The number of carboxylic acid groups (broad SMARTS) is 2. The van der Waals surface area contributed by atoms with Crippen LogP contribution >= 0.6 is 0 Å². The Kier molecular flexibility index (Phi) is 2.14. The van der Waals surface area contributed by atoms with Gasteiger partial charge in [0.2, 0.25) is 0 Å². The molecule has 0 radical (unpaired) electrons. The molecular weight excluding hydrogens is 109 g/mol. The molecule has 0 saturated carbocycles. The summed E-state index contributed by atoms with van der Waals surface area (Å²) in [5.74, 6) is -0.0511. The molecule has 0 spiro atoms. The molecule has 0 aromatic rings. The van der Waals surface area contributed by atoms with Crippen LogP contribution in [0.2, 0.25) is 0 Å². The second-order valence-corrected chi connectivity index (χ2v) is 0.860. The summed E-state index contributed by atoms with van der Waals surface area (Å²) in [5, 5.41) is 15.5. The minimum absolute atomic E-state index is 1.41. The van der Waals surface area contributed by atoms with E-state index >= 15 is 0 Å². The molecule has 0 heterocycles. The molecule has 2 N–H and O–H groups in total. The van der Waals surface area contributed by atoms with Crippen LogP contribution in [0.3, 0.4) is 0 Å². The van der Waals surface area contributed by atoms with Crippen LogP contribution in [0.15, 0.2) is 0 Å². The van der Waals surface area contributed by atoms with Gasteiger partial charge in [0.25, 0.3) is 0 Å². The molecule has 0 fully saturated rings. The van der Waals surface area contributed by atoms with Gasteiger partial charge in [-0.3, -0.25) is 0 Å². The van der Waals surface area contributed by atoms with E-state index in [1.807, 2.05) is 0 Å².